The van der Waals surface area contributed by atoms with Gasteiger partial charge < -0.3 is 5.73 Å². The lowest BCUT2D eigenvalue weighted by Crippen LogP contribution is -2.12. The predicted molar refractivity (Wildman–Crippen MR) is 59.8 cm³/mol. The van der Waals surface area contributed by atoms with Gasteiger partial charge in [0.25, 0.3) is 0 Å². The van der Waals surface area contributed by atoms with E-state index in [1.165, 1.54) is 5.56 Å². The van der Waals surface area contributed by atoms with Gasteiger partial charge in [-0.15, -0.1) is 0 Å². The molecule has 0 amide bonds. The Kier molecular flexibility index (Phi) is 2.47. The summed E-state index contributed by atoms with van der Waals surface area (Å²) in [5, 5.41) is 0. The van der Waals surface area contributed by atoms with Gasteiger partial charge in [0.2, 0.25) is 0 Å². The second-order valence-electron chi connectivity index (χ2n) is 4.40. The maximum Gasteiger partial charge on any atom is 0.169 e. The van der Waals surface area contributed by atoms with E-state index in [2.05, 4.69) is 4.98 Å². The molecule has 1 aliphatic carbocycles. The third-order valence-corrected chi connectivity index (χ3v) is 2.87. The minimum absolute atomic E-state index is 0.0199. The van der Waals surface area contributed by atoms with E-state index in [1.807, 2.05) is 19.9 Å². The zero-order valence-corrected chi connectivity index (χ0v) is 9.21. The third kappa shape index (κ3) is 1.74. The van der Waals surface area contributed by atoms with Gasteiger partial charge in [-0.1, -0.05) is 13.8 Å². The smallest absolute Gasteiger partial charge is 0.169 e. The zero-order chi connectivity index (χ0) is 11.0. The molecule has 15 heavy (non-hydrogen) atoms. The normalized spacial score (nSPS) is 14.3. The first-order valence-electron chi connectivity index (χ1n) is 5.42. The van der Waals surface area contributed by atoms with E-state index in [-0.39, 0.29) is 11.7 Å². The summed E-state index contributed by atoms with van der Waals surface area (Å²) in [7, 11) is 0. The highest BCUT2D eigenvalue weighted by Crippen LogP contribution is 2.25. The van der Waals surface area contributed by atoms with Crippen molar-refractivity contribution >= 4 is 11.6 Å². The second-order valence-corrected chi connectivity index (χ2v) is 4.40. The van der Waals surface area contributed by atoms with Crippen molar-refractivity contribution in [1.29, 1.82) is 0 Å². The zero-order valence-electron chi connectivity index (χ0n) is 9.21. The summed E-state index contributed by atoms with van der Waals surface area (Å²) < 4.78 is 0. The van der Waals surface area contributed by atoms with Crippen LogP contribution in [0.4, 0.5) is 5.82 Å². The van der Waals surface area contributed by atoms with E-state index in [9.17, 15) is 4.79 Å². The molecule has 0 aliphatic heterocycles. The minimum Gasteiger partial charge on any atom is -0.383 e. The van der Waals surface area contributed by atoms with Crippen molar-refractivity contribution in [2.45, 2.75) is 33.1 Å². The molecule has 1 aliphatic rings. The van der Waals surface area contributed by atoms with Crippen molar-refractivity contribution in [3.05, 3.63) is 22.9 Å². The molecule has 80 valence electrons. The molecule has 1 aromatic heterocycles. The maximum absolute atomic E-state index is 11.8. The van der Waals surface area contributed by atoms with Crippen LogP contribution in [0.15, 0.2) is 6.07 Å². The number of carbonyl (C=O) groups excluding carboxylic acids is 1. The summed E-state index contributed by atoms with van der Waals surface area (Å²) >= 11 is 0. The molecule has 3 nitrogen and oxygen atoms in total. The third-order valence-electron chi connectivity index (χ3n) is 2.87. The Labute approximate surface area is 89.7 Å². The number of nitrogen functional groups attached to an aromatic ring is 1. The Bertz CT molecular complexity index is 410. The maximum atomic E-state index is 11.8. The lowest BCUT2D eigenvalue weighted by molar-refractivity contribution is 0.0940. The fraction of sp³-hybridized carbons (Fsp3) is 0.500. The molecule has 1 aromatic rings. The number of rotatable bonds is 2. The molecule has 2 N–H and O–H groups in total. The highest BCUT2D eigenvalue weighted by Gasteiger charge is 2.20. The first kappa shape index (κ1) is 10.1. The van der Waals surface area contributed by atoms with Gasteiger partial charge in [0.05, 0.1) is 5.56 Å². The molecular weight excluding hydrogens is 188 g/mol. The van der Waals surface area contributed by atoms with E-state index in [0.717, 1.165) is 25.0 Å². The quantitative estimate of drug-likeness (QED) is 0.749. The molecule has 1 heterocycles. The Morgan fingerprint density at radius 1 is 1.47 bits per heavy atom. The number of anilines is 1. The molecule has 0 bridgehead atoms. The monoisotopic (exact) mass is 204 g/mol. The predicted octanol–water partition coefficient (Wildman–Crippen LogP) is 1.99. The van der Waals surface area contributed by atoms with E-state index < -0.39 is 0 Å². The number of pyridine rings is 1. The van der Waals surface area contributed by atoms with Crippen LogP contribution < -0.4 is 5.73 Å². The van der Waals surface area contributed by atoms with Gasteiger partial charge in [-0.25, -0.2) is 4.98 Å². The summed E-state index contributed by atoms with van der Waals surface area (Å²) in [5.74, 6) is 0.470. The van der Waals surface area contributed by atoms with Crippen LogP contribution in [0.25, 0.3) is 0 Å². The van der Waals surface area contributed by atoms with Gasteiger partial charge in [-0.3, -0.25) is 4.79 Å². The number of nitrogens with two attached hydrogens (primary N) is 1. The molecule has 3 heteroatoms. The number of ketones is 1. The molecule has 0 atom stereocenters. The lowest BCUT2D eigenvalue weighted by Gasteiger charge is -2.09. The van der Waals surface area contributed by atoms with Crippen LogP contribution in [0.2, 0.25) is 0 Å². The van der Waals surface area contributed by atoms with Crippen molar-refractivity contribution in [1.82, 2.24) is 4.98 Å². The first-order valence-corrected chi connectivity index (χ1v) is 5.42. The van der Waals surface area contributed by atoms with Gasteiger partial charge in [0, 0.05) is 11.6 Å². The SMILES string of the molecule is CC(C)C(=O)c1cc2c(nc1N)CCC2. The van der Waals surface area contributed by atoms with Crippen molar-refractivity contribution in [3.8, 4) is 0 Å². The molecule has 2 rings (SSSR count). The van der Waals surface area contributed by atoms with Crippen LogP contribution in [-0.2, 0) is 12.8 Å². The average molecular weight is 204 g/mol. The Balaban J connectivity index is 2.45. The van der Waals surface area contributed by atoms with E-state index in [1.54, 1.807) is 0 Å². The fourth-order valence-electron chi connectivity index (χ4n) is 2.00. The van der Waals surface area contributed by atoms with Crippen molar-refractivity contribution in [3.63, 3.8) is 0 Å². The highest BCUT2D eigenvalue weighted by atomic mass is 16.1. The van der Waals surface area contributed by atoms with Gasteiger partial charge in [0.15, 0.2) is 5.78 Å². The fourth-order valence-corrected chi connectivity index (χ4v) is 2.00. The molecule has 0 aromatic carbocycles. The Hall–Kier alpha value is -1.38. The number of fused-ring (bicyclic) bond motifs is 1. The van der Waals surface area contributed by atoms with E-state index in [0.29, 0.717) is 11.4 Å². The summed E-state index contributed by atoms with van der Waals surface area (Å²) in [6, 6.07) is 1.94. The van der Waals surface area contributed by atoms with Crippen molar-refractivity contribution in [2.75, 3.05) is 5.73 Å². The molecule has 0 fully saturated rings. The summed E-state index contributed by atoms with van der Waals surface area (Å²) in [5.41, 5.74) is 8.68. The number of nitrogens with zero attached hydrogens (tertiary/aromatic N) is 1. The summed E-state index contributed by atoms with van der Waals surface area (Å²) in [6.07, 6.45) is 3.15. The largest absolute Gasteiger partial charge is 0.383 e. The number of hydrogen-bond acceptors (Lipinski definition) is 3. The molecule has 0 saturated heterocycles. The van der Waals surface area contributed by atoms with E-state index in [4.69, 9.17) is 5.73 Å². The van der Waals surface area contributed by atoms with Crippen LogP contribution >= 0.6 is 0 Å². The van der Waals surface area contributed by atoms with Crippen molar-refractivity contribution in [2.24, 2.45) is 5.92 Å². The Morgan fingerprint density at radius 2 is 2.20 bits per heavy atom. The van der Waals surface area contributed by atoms with Gasteiger partial charge in [0.1, 0.15) is 5.82 Å². The number of aryl methyl sites for hydroxylation is 2. The molecule has 0 saturated carbocycles. The van der Waals surface area contributed by atoms with Crippen LogP contribution in [0.1, 0.15) is 41.9 Å². The van der Waals surface area contributed by atoms with Crippen LogP contribution in [0.3, 0.4) is 0 Å². The van der Waals surface area contributed by atoms with Gasteiger partial charge in [-0.2, -0.15) is 0 Å². The summed E-state index contributed by atoms with van der Waals surface area (Å²) in [4.78, 5) is 16.2. The van der Waals surface area contributed by atoms with Gasteiger partial charge in [-0.05, 0) is 30.9 Å². The van der Waals surface area contributed by atoms with Crippen molar-refractivity contribution < 1.29 is 4.79 Å². The molecule has 0 unspecified atom stereocenters. The number of aromatic nitrogens is 1. The van der Waals surface area contributed by atoms with Crippen LogP contribution in [-0.4, -0.2) is 10.8 Å². The Morgan fingerprint density at radius 3 is 2.87 bits per heavy atom. The first-order chi connectivity index (χ1) is 7.09. The second kappa shape index (κ2) is 3.65. The average Bonchev–Trinajstić information content (AvgIpc) is 2.62. The standard InChI is InChI=1S/C12H16N2O/c1-7(2)11(15)9-6-8-4-3-5-10(8)14-12(9)13/h6-7H,3-5H2,1-2H3,(H2,13,14). The van der Waals surface area contributed by atoms with Crippen LogP contribution in [0, 0.1) is 5.92 Å². The van der Waals surface area contributed by atoms with Gasteiger partial charge >= 0.3 is 0 Å². The number of Topliss-reactive ketones (excluding diaryl/α,β-unsaturated/α-hetero) is 1. The summed E-state index contributed by atoms with van der Waals surface area (Å²) in [6.45, 7) is 3.77. The minimum atomic E-state index is -0.0199. The van der Waals surface area contributed by atoms with Crippen LogP contribution in [0.5, 0.6) is 0 Å². The molecular formula is C12H16N2O. The molecule has 0 radical (unpaired) electrons. The highest BCUT2D eigenvalue weighted by molar-refractivity contribution is 6.01. The number of hydrogen-bond donors (Lipinski definition) is 1. The number of carbonyl (C=O) groups is 1. The van der Waals surface area contributed by atoms with E-state index >= 15 is 0 Å². The molecule has 0 spiro atoms. The lowest BCUT2D eigenvalue weighted by atomic mass is 10.00. The topological polar surface area (TPSA) is 56.0 Å².